The first-order chi connectivity index (χ1) is 17.1. The monoisotopic (exact) mass is 541 g/mol. The summed E-state index contributed by atoms with van der Waals surface area (Å²) in [6, 6.07) is 3.02. The first-order valence-electron chi connectivity index (χ1n) is 11.0. The summed E-state index contributed by atoms with van der Waals surface area (Å²) in [6.45, 7) is 8.40. The van der Waals surface area contributed by atoms with Crippen molar-refractivity contribution in [3.8, 4) is 11.5 Å². The minimum atomic E-state index is -1.29. The largest absolute Gasteiger partial charge is 0.467 e. The predicted molar refractivity (Wildman–Crippen MR) is 131 cm³/mol. The number of esters is 4. The summed E-state index contributed by atoms with van der Waals surface area (Å²) in [5.41, 5.74) is -0.395. The van der Waals surface area contributed by atoms with Crippen LogP contribution < -0.4 is 14.8 Å². The molecule has 0 aliphatic heterocycles. The summed E-state index contributed by atoms with van der Waals surface area (Å²) < 4.78 is 25.1. The van der Waals surface area contributed by atoms with E-state index >= 15 is 0 Å². The molecular formula is C24H31NO11S. The van der Waals surface area contributed by atoms with Gasteiger partial charge in [-0.2, -0.15) is 0 Å². The third-order valence-corrected chi connectivity index (χ3v) is 5.12. The topological polar surface area (TPSA) is 161 Å². The number of nitrogens with one attached hydrogen (secondary N) is 1. The Morgan fingerprint density at radius 3 is 2.03 bits per heavy atom. The minimum absolute atomic E-state index is 0.00896. The molecule has 0 fully saturated rings. The number of hydrogen-bond acceptors (Lipinski definition) is 12. The second-order valence-corrected chi connectivity index (χ2v) is 9.65. The molecule has 0 bridgehead atoms. The van der Waals surface area contributed by atoms with Crippen LogP contribution in [-0.2, 0) is 44.6 Å². The molecule has 1 N–H and O–H groups in total. The number of ether oxygens (including phenoxy) is 5. The molecule has 0 spiro atoms. The van der Waals surface area contributed by atoms with Crippen molar-refractivity contribution in [2.75, 3.05) is 12.9 Å². The Bertz CT molecular complexity index is 1030. The van der Waals surface area contributed by atoms with E-state index in [2.05, 4.69) is 10.1 Å². The molecule has 0 heterocycles. The van der Waals surface area contributed by atoms with Gasteiger partial charge in [-0.3, -0.25) is 19.2 Å². The van der Waals surface area contributed by atoms with Gasteiger partial charge in [-0.05, 0) is 38.5 Å². The third-order valence-electron chi connectivity index (χ3n) is 4.08. The Balaban J connectivity index is 3.05. The maximum absolute atomic E-state index is 12.9. The van der Waals surface area contributed by atoms with Gasteiger partial charge in [0.15, 0.2) is 17.6 Å². The van der Waals surface area contributed by atoms with Crippen molar-refractivity contribution in [2.45, 2.75) is 65.7 Å². The molecule has 204 valence electrons. The number of thioether (sulfide) groups is 1. The van der Waals surface area contributed by atoms with E-state index in [0.717, 1.165) is 21.0 Å². The molecule has 1 aromatic rings. The van der Waals surface area contributed by atoms with Crippen LogP contribution in [0.5, 0.6) is 11.5 Å². The molecular weight excluding hydrogens is 510 g/mol. The van der Waals surface area contributed by atoms with Crippen LogP contribution in [0.3, 0.4) is 0 Å². The highest BCUT2D eigenvalue weighted by Gasteiger charge is 2.29. The maximum Gasteiger partial charge on any atom is 0.408 e. The van der Waals surface area contributed by atoms with Crippen LogP contribution in [0, 0.1) is 0 Å². The van der Waals surface area contributed by atoms with Gasteiger partial charge < -0.3 is 29.0 Å². The van der Waals surface area contributed by atoms with Crippen molar-refractivity contribution in [2.24, 2.45) is 0 Å². The number of hydrogen-bond donors (Lipinski definition) is 1. The average molecular weight is 542 g/mol. The quantitative estimate of drug-likeness (QED) is 0.262. The van der Waals surface area contributed by atoms with Crippen molar-refractivity contribution < 1.29 is 52.5 Å². The molecule has 0 aliphatic carbocycles. The highest BCUT2D eigenvalue weighted by molar-refractivity contribution is 8.13. The zero-order valence-corrected chi connectivity index (χ0v) is 22.5. The lowest BCUT2D eigenvalue weighted by Gasteiger charge is -2.22. The van der Waals surface area contributed by atoms with Crippen LogP contribution in [0.2, 0.25) is 0 Å². The first-order valence-corrected chi connectivity index (χ1v) is 12.0. The number of methoxy groups -OCH3 is 1. The van der Waals surface area contributed by atoms with Crippen LogP contribution >= 0.6 is 11.8 Å². The first kappa shape index (κ1) is 31.4. The van der Waals surface area contributed by atoms with Gasteiger partial charge in [0.25, 0.3) is 0 Å². The molecule has 1 aromatic carbocycles. The normalized spacial score (nSPS) is 12.4. The standard InChI is InChI=1S/C24H31NO11S/c1-13(26)33-18-9-8-16(10-19(18)34-14(2)27)11-20(35-15(3)28)22(30)37-12-17(21(29)32-7)25-23(31)36-24(4,5)6/h8-10,17,20H,11-12H2,1-7H3,(H,25,31)/t17-,20?/m0/s1. The fourth-order valence-corrected chi connectivity index (χ4v) is 3.63. The molecule has 13 heteroatoms. The van der Waals surface area contributed by atoms with E-state index in [1.807, 2.05) is 0 Å². The van der Waals surface area contributed by atoms with Crippen LogP contribution in [0.15, 0.2) is 18.2 Å². The fraction of sp³-hybridized carbons (Fsp3) is 0.500. The van der Waals surface area contributed by atoms with Crippen LogP contribution in [0.25, 0.3) is 0 Å². The molecule has 1 rings (SSSR count). The van der Waals surface area contributed by atoms with E-state index < -0.39 is 52.8 Å². The molecule has 0 radical (unpaired) electrons. The van der Waals surface area contributed by atoms with E-state index in [9.17, 15) is 28.8 Å². The van der Waals surface area contributed by atoms with Gasteiger partial charge >= 0.3 is 30.0 Å². The van der Waals surface area contributed by atoms with Crippen LogP contribution in [0.1, 0.15) is 47.1 Å². The van der Waals surface area contributed by atoms with E-state index in [0.29, 0.717) is 17.3 Å². The Morgan fingerprint density at radius 1 is 0.919 bits per heavy atom. The zero-order valence-electron chi connectivity index (χ0n) is 21.7. The molecule has 1 unspecified atom stereocenters. The third kappa shape index (κ3) is 12.3. The average Bonchev–Trinajstić information content (AvgIpc) is 2.74. The van der Waals surface area contributed by atoms with Gasteiger partial charge in [0.2, 0.25) is 5.12 Å². The Hall–Kier alpha value is -3.61. The molecule has 12 nitrogen and oxygen atoms in total. The molecule has 37 heavy (non-hydrogen) atoms. The number of alkyl carbamates (subject to hydrolysis) is 1. The van der Waals surface area contributed by atoms with Crippen molar-refractivity contribution >= 4 is 46.8 Å². The summed E-state index contributed by atoms with van der Waals surface area (Å²) in [5.74, 6) is -3.13. The SMILES string of the molecule is COC(=O)[C@H](CSC(=O)C(Cc1ccc(OC(C)=O)c(OC(C)=O)c1)OC(C)=O)NC(=O)OC(C)(C)C. The maximum atomic E-state index is 12.9. The summed E-state index contributed by atoms with van der Waals surface area (Å²) in [6.07, 6.45) is -2.28. The number of amides is 1. The van der Waals surface area contributed by atoms with Gasteiger partial charge in [0.1, 0.15) is 11.6 Å². The zero-order chi connectivity index (χ0) is 28.3. The molecule has 0 aliphatic rings. The van der Waals surface area contributed by atoms with Gasteiger partial charge in [0, 0.05) is 32.9 Å². The number of rotatable bonds is 10. The van der Waals surface area contributed by atoms with Gasteiger partial charge in [0.05, 0.1) is 7.11 Å². The van der Waals surface area contributed by atoms with Crippen molar-refractivity contribution in [3.05, 3.63) is 23.8 Å². The molecule has 0 aromatic heterocycles. The second kappa shape index (κ2) is 14.2. The van der Waals surface area contributed by atoms with E-state index in [1.165, 1.54) is 25.1 Å². The van der Waals surface area contributed by atoms with Crippen molar-refractivity contribution in [1.29, 1.82) is 0 Å². The molecule has 2 atom stereocenters. The van der Waals surface area contributed by atoms with Gasteiger partial charge in [-0.15, -0.1) is 0 Å². The summed E-state index contributed by atoms with van der Waals surface area (Å²) in [4.78, 5) is 71.6. The second-order valence-electron chi connectivity index (χ2n) is 8.62. The van der Waals surface area contributed by atoms with Crippen molar-refractivity contribution in [3.63, 3.8) is 0 Å². The summed E-state index contributed by atoms with van der Waals surface area (Å²) >= 11 is 0.642. The van der Waals surface area contributed by atoms with E-state index in [4.69, 9.17) is 18.9 Å². The Morgan fingerprint density at radius 2 is 1.51 bits per heavy atom. The van der Waals surface area contributed by atoms with E-state index in [-0.39, 0.29) is 23.7 Å². The Kier molecular flexibility index (Phi) is 12.1. The predicted octanol–water partition coefficient (Wildman–Crippen LogP) is 2.34. The highest BCUT2D eigenvalue weighted by Crippen LogP contribution is 2.30. The van der Waals surface area contributed by atoms with Crippen molar-refractivity contribution in [1.82, 2.24) is 5.32 Å². The summed E-state index contributed by atoms with van der Waals surface area (Å²) in [5, 5.41) is 1.73. The highest BCUT2D eigenvalue weighted by atomic mass is 32.2. The molecule has 1 amide bonds. The van der Waals surface area contributed by atoms with Crippen LogP contribution in [-0.4, -0.2) is 65.7 Å². The van der Waals surface area contributed by atoms with Gasteiger partial charge in [-0.25, -0.2) is 9.59 Å². The lowest BCUT2D eigenvalue weighted by molar-refractivity contribution is -0.150. The molecule has 0 saturated heterocycles. The number of carbonyl (C=O) groups is 6. The lowest BCUT2D eigenvalue weighted by atomic mass is 10.1. The fourth-order valence-electron chi connectivity index (χ4n) is 2.76. The van der Waals surface area contributed by atoms with E-state index in [1.54, 1.807) is 20.8 Å². The molecule has 0 saturated carbocycles. The minimum Gasteiger partial charge on any atom is -0.467 e. The Labute approximate surface area is 218 Å². The lowest BCUT2D eigenvalue weighted by Crippen LogP contribution is -2.46. The smallest absolute Gasteiger partial charge is 0.408 e. The number of carbonyl (C=O) groups excluding carboxylic acids is 6. The number of benzene rings is 1. The van der Waals surface area contributed by atoms with Gasteiger partial charge in [-0.1, -0.05) is 17.8 Å². The van der Waals surface area contributed by atoms with Crippen LogP contribution in [0.4, 0.5) is 4.79 Å². The summed E-state index contributed by atoms with van der Waals surface area (Å²) in [7, 11) is 1.13.